The van der Waals surface area contributed by atoms with Gasteiger partial charge in [-0.15, -0.1) is 10.2 Å². The first-order valence-electron chi connectivity index (χ1n) is 37.9. The zero-order valence-electron chi connectivity index (χ0n) is 64.8. The van der Waals surface area contributed by atoms with Gasteiger partial charge in [0.25, 0.3) is 5.91 Å². The Balaban J connectivity index is 0.875. The van der Waals surface area contributed by atoms with Crippen LogP contribution < -0.4 is 47.3 Å². The maximum Gasteiger partial charge on any atom is 0.326 e. The van der Waals surface area contributed by atoms with Crippen molar-refractivity contribution in [2.45, 2.75) is 185 Å². The Hall–Kier alpha value is -12.0. The third-order valence-electron chi connectivity index (χ3n) is 21.7. The number of hydrogen-bond acceptors (Lipinski definition) is 18. The number of fused-ring (bicyclic) bond motifs is 2. The first-order valence-corrected chi connectivity index (χ1v) is 37.9. The molecule has 0 unspecified atom stereocenters. The molecule has 113 heavy (non-hydrogen) atoms. The van der Waals surface area contributed by atoms with Gasteiger partial charge in [-0.3, -0.25) is 48.1 Å². The number of benzene rings is 6. The van der Waals surface area contributed by atoms with E-state index in [9.17, 15) is 39.0 Å². The molecule has 594 valence electrons. The fourth-order valence-electron chi connectivity index (χ4n) is 14.9. The maximum absolute atomic E-state index is 15.6. The van der Waals surface area contributed by atoms with Gasteiger partial charge in [-0.05, 0) is 107 Å². The number of carbonyl (C=O) groups is 11. The number of amides is 9. The van der Waals surface area contributed by atoms with Crippen molar-refractivity contribution >= 4 is 92.3 Å². The van der Waals surface area contributed by atoms with E-state index in [2.05, 4.69) is 63.2 Å². The molecule has 8 aromatic rings. The number of aryl methyl sites for hydroxylation is 1. The molecule has 31 nitrogen and oxygen atoms in total. The quantitative estimate of drug-likeness (QED) is 0.0677. The van der Waals surface area contributed by atoms with E-state index in [1.54, 1.807) is 136 Å². The van der Waals surface area contributed by atoms with E-state index in [-0.39, 0.29) is 71.1 Å². The van der Waals surface area contributed by atoms with Gasteiger partial charge in [0.05, 0.1) is 36.1 Å². The van der Waals surface area contributed by atoms with Crippen molar-refractivity contribution < 1.29 is 67.7 Å². The normalized spacial score (nSPS) is 22.5. The van der Waals surface area contributed by atoms with E-state index in [0.717, 1.165) is 21.5 Å². The maximum atomic E-state index is 15.6. The van der Waals surface area contributed by atoms with Crippen molar-refractivity contribution in [1.29, 1.82) is 0 Å². The number of nitrogens with zero attached hydrogens (tertiary/aromatic N) is 9. The predicted octanol–water partition coefficient (Wildman–Crippen LogP) is 4.33. The standard InChI is InChI=1S/C82H97N17O14/c1-46(83-9)70(101)89-68(80(3,4)5)75(106)95-43-59-39-65(95)73(104)86-62(37-50-19-25-52-15-11-13-17-54(52)33-50)72(103)87-63(77(108)109)35-48-21-27-56(28-22-48)85-67(100)32-29-57-41-98(93-91-57)60-40-82(96(44-60)76(107)69(81(6,7)8)90-71(102)47(2)84-10)79(112)99(82)66(38-51-20-26-53-16-12-14-18-55(53)34-51)74(105)88-64(78(110)111)36-49-23-30-61(31-24-49)113-45-58-42-97(59)94-92-58/h11-28,30-31,33-34,41-42,46-47,59-60,62-66,68-69,83-84H,29,32,35-40,43-45H2,1-10H3,(H,85,100)(H,86,104)(H,87,103)(H,88,105)(H,89,101)(H,90,102)(H,108,109)(H,110,111)/t46-,47-,59-,60-,62-,63-,64-,65-,66-,68+,69+,82+,99?/m0/s1. The van der Waals surface area contributed by atoms with Crippen LogP contribution in [0.1, 0.15) is 120 Å². The largest absolute Gasteiger partial charge is 0.487 e. The van der Waals surface area contributed by atoms with E-state index in [1.807, 2.05) is 78.9 Å². The molecule has 10 N–H and O–H groups in total. The lowest BCUT2D eigenvalue weighted by atomic mass is 9.85. The second kappa shape index (κ2) is 33.5. The van der Waals surface area contributed by atoms with E-state index in [1.165, 1.54) is 24.1 Å². The Kier molecular flexibility index (Phi) is 23.9. The number of rotatable bonds is 14. The van der Waals surface area contributed by atoms with Crippen molar-refractivity contribution in [2.75, 3.05) is 32.5 Å². The number of carboxylic acid groups (broad SMARTS) is 2. The summed E-state index contributed by atoms with van der Waals surface area (Å²) in [4.78, 5) is 164. The van der Waals surface area contributed by atoms with Crippen molar-refractivity contribution in [3.05, 3.63) is 179 Å². The van der Waals surface area contributed by atoms with Gasteiger partial charge < -0.3 is 67.3 Å². The smallest absolute Gasteiger partial charge is 0.326 e. The molecule has 7 aliphatic heterocycles. The van der Waals surface area contributed by atoms with Crippen LogP contribution in [0.2, 0.25) is 0 Å². The van der Waals surface area contributed by atoms with Crippen LogP contribution in [0, 0.1) is 10.8 Å². The van der Waals surface area contributed by atoms with E-state index >= 15 is 24.0 Å². The summed E-state index contributed by atoms with van der Waals surface area (Å²) in [6.45, 7) is 13.5. The molecule has 1 spiro atoms. The Morgan fingerprint density at radius 3 is 1.65 bits per heavy atom. The Bertz CT molecular complexity index is 4940. The zero-order chi connectivity index (χ0) is 81.0. The first kappa shape index (κ1) is 80.5. The van der Waals surface area contributed by atoms with Gasteiger partial charge in [-0.2, -0.15) is 0 Å². The molecule has 7 aliphatic rings. The number of likely N-dealkylation sites (N-methyl/N-ethyl adjacent to an activating group) is 2. The van der Waals surface area contributed by atoms with Crippen LogP contribution in [0.5, 0.6) is 5.75 Å². The summed E-state index contributed by atoms with van der Waals surface area (Å²) in [7, 11) is 3.21. The molecule has 9 amide bonds. The summed E-state index contributed by atoms with van der Waals surface area (Å²) >= 11 is 0. The average Bonchev–Trinajstić information content (AvgIpc) is 1.51. The third-order valence-corrected chi connectivity index (χ3v) is 21.7. The van der Waals surface area contributed by atoms with E-state index < -0.39 is 148 Å². The SMILES string of the molecule is CN[C@@H](C)C(=O)N[C@H](C(=O)N1C[C@@H]2C[C@H]1C(=O)N[C@@H](Cc1ccc3ccccc3c1)C(=O)N[C@H](C(=O)O)Cc1ccc(cc1)NC(=O)CCc1cn(nn1)[C@@H]1CN(C(=O)[C@@H](NC(=O)[C@H](C)NC)C(C)(C)C)[C@@]3(C1)C(=O)N3[C@@H](Cc1ccc3ccccc3c1)C(=O)N[C@H](C(=O)O)Cc1ccc(cc1)OCc1cn2nn1)C(C)(C)C. The number of carboxylic acids is 2. The van der Waals surface area contributed by atoms with Crippen LogP contribution in [0.15, 0.2) is 146 Å². The van der Waals surface area contributed by atoms with Crippen LogP contribution >= 0.6 is 0 Å². The van der Waals surface area contributed by atoms with Crippen molar-refractivity contribution in [1.82, 2.24) is 81.9 Å². The number of aliphatic carboxylic acids is 2. The first-order chi connectivity index (χ1) is 53.8. The Morgan fingerprint density at radius 2 is 1.10 bits per heavy atom. The van der Waals surface area contributed by atoms with Gasteiger partial charge in [0.15, 0.2) is 0 Å². The highest BCUT2D eigenvalue weighted by Crippen LogP contribution is 2.52. The molecule has 2 aromatic heterocycles. The minimum absolute atomic E-state index is 0.0565. The molecule has 15 rings (SSSR count). The number of aromatic nitrogens is 6. The molecular weight excluding hydrogens is 1450 g/mol. The number of anilines is 1. The lowest BCUT2D eigenvalue weighted by molar-refractivity contribution is -0.145. The molecule has 31 heteroatoms. The fraction of sp³-hybridized carbons (Fsp3) is 0.427. The van der Waals surface area contributed by atoms with E-state index in [4.69, 9.17) is 4.74 Å². The summed E-state index contributed by atoms with van der Waals surface area (Å²) < 4.78 is 9.21. The molecule has 3 fully saturated rings. The van der Waals surface area contributed by atoms with Gasteiger partial charge in [0.1, 0.15) is 60.3 Å². The van der Waals surface area contributed by atoms with Gasteiger partial charge in [-0.25, -0.2) is 19.0 Å². The van der Waals surface area contributed by atoms with Crippen LogP contribution in [0.3, 0.4) is 0 Å². The van der Waals surface area contributed by atoms with Crippen LogP contribution in [-0.2, 0) is 91.5 Å². The molecule has 0 radical (unpaired) electrons. The van der Waals surface area contributed by atoms with Gasteiger partial charge >= 0.3 is 11.9 Å². The topological polar surface area (TPSA) is 405 Å². The van der Waals surface area contributed by atoms with Crippen molar-refractivity contribution in [3.8, 4) is 5.75 Å². The second-order valence-electron chi connectivity index (χ2n) is 31.9. The summed E-state index contributed by atoms with van der Waals surface area (Å²) in [6, 6.07) is 26.7. The number of nitrogens with one attached hydrogen (secondary N) is 8. The predicted molar refractivity (Wildman–Crippen MR) is 416 cm³/mol. The number of likely N-dealkylation sites (tertiary alicyclic amines) is 2. The van der Waals surface area contributed by atoms with E-state index in [0.29, 0.717) is 45.1 Å². The summed E-state index contributed by atoms with van der Waals surface area (Å²) in [5.41, 5.74) is -0.403. The highest BCUT2D eigenvalue weighted by Gasteiger charge is 2.75. The molecule has 12 bridgehead atoms. The molecule has 3 saturated heterocycles. The monoisotopic (exact) mass is 1540 g/mol. The van der Waals surface area contributed by atoms with Crippen molar-refractivity contribution in [3.63, 3.8) is 0 Å². The Labute approximate surface area is 653 Å². The molecule has 9 heterocycles. The molecular formula is C82H97N17O14. The molecule has 0 aliphatic carbocycles. The number of hydrogen-bond donors (Lipinski definition) is 10. The van der Waals surface area contributed by atoms with Crippen LogP contribution in [-0.4, -0.2) is 207 Å². The zero-order valence-corrected chi connectivity index (χ0v) is 64.8. The number of carbonyl (C=O) groups excluding carboxylic acids is 9. The summed E-state index contributed by atoms with van der Waals surface area (Å²) in [6.07, 6.45) is 2.34. The lowest BCUT2D eigenvalue weighted by Gasteiger charge is -2.36. The lowest BCUT2D eigenvalue weighted by Crippen LogP contribution is -2.60. The third kappa shape index (κ3) is 18.3. The summed E-state index contributed by atoms with van der Waals surface area (Å²) in [5.74, 6) is -8.02. The molecule has 6 aromatic carbocycles. The second-order valence-corrected chi connectivity index (χ2v) is 31.9. The van der Waals surface area contributed by atoms with Gasteiger partial charge in [0.2, 0.25) is 52.9 Å². The fourth-order valence-corrected chi connectivity index (χ4v) is 14.9. The summed E-state index contributed by atoms with van der Waals surface area (Å²) in [5, 5.41) is 65.7. The minimum Gasteiger partial charge on any atom is -0.487 e. The van der Waals surface area contributed by atoms with Gasteiger partial charge in [-0.1, -0.05) is 161 Å². The van der Waals surface area contributed by atoms with Crippen LogP contribution in [0.4, 0.5) is 5.69 Å². The van der Waals surface area contributed by atoms with Crippen molar-refractivity contribution in [2.24, 2.45) is 10.8 Å². The minimum atomic E-state index is -1.83. The highest BCUT2D eigenvalue weighted by molar-refractivity contribution is 6.09. The Morgan fingerprint density at radius 1 is 0.584 bits per heavy atom. The molecule has 12 atom stereocenters. The molecule has 0 saturated carbocycles. The van der Waals surface area contributed by atoms with Gasteiger partial charge in [0, 0.05) is 76.3 Å². The highest BCUT2D eigenvalue weighted by atomic mass is 16.5. The number of ether oxygens (including phenoxy) is 1. The average molecular weight is 1540 g/mol. The van der Waals surface area contributed by atoms with Crippen LogP contribution in [0.25, 0.3) is 21.5 Å².